The highest BCUT2D eigenvalue weighted by atomic mass is 32.2. The molecule has 3 N–H and O–H groups in total. The molecule has 0 bridgehead atoms. The van der Waals surface area contributed by atoms with Crippen molar-refractivity contribution < 1.29 is 4.74 Å². The molecule has 1 aromatic heterocycles. The lowest BCUT2D eigenvalue weighted by atomic mass is 10.3. The first kappa shape index (κ1) is 11.9. The Morgan fingerprint density at radius 3 is 2.88 bits per heavy atom. The Balaban J connectivity index is 1.85. The summed E-state index contributed by atoms with van der Waals surface area (Å²) in [4.78, 5) is 4.28. The van der Waals surface area contributed by atoms with Crippen LogP contribution in [-0.4, -0.2) is 27.5 Å². The number of nitrogens with one attached hydrogen (secondary N) is 1. The quantitative estimate of drug-likeness (QED) is 0.758. The normalized spacial score (nSPS) is 10.4. The monoisotopic (exact) mass is 250 g/mol. The molecule has 1 aromatic carbocycles. The van der Waals surface area contributed by atoms with Gasteiger partial charge in [0.15, 0.2) is 5.82 Å². The molecule has 90 valence electrons. The van der Waals surface area contributed by atoms with Crippen LogP contribution in [0.1, 0.15) is 5.82 Å². The molecule has 0 saturated carbocycles. The van der Waals surface area contributed by atoms with Gasteiger partial charge < -0.3 is 10.5 Å². The number of benzene rings is 1. The number of ether oxygens (including phenoxy) is 1. The Bertz CT molecular complexity index is 446. The maximum absolute atomic E-state index is 5.54. The van der Waals surface area contributed by atoms with E-state index in [0.717, 1.165) is 11.5 Å². The maximum Gasteiger partial charge on any atom is 0.208 e. The van der Waals surface area contributed by atoms with E-state index in [-0.39, 0.29) is 0 Å². The molecule has 6 heteroatoms. The predicted molar refractivity (Wildman–Crippen MR) is 66.9 cm³/mol. The number of nitrogens with zero attached hydrogens (tertiary/aromatic N) is 2. The molecule has 2 rings (SSSR count). The van der Waals surface area contributed by atoms with E-state index in [0.29, 0.717) is 24.1 Å². The summed E-state index contributed by atoms with van der Waals surface area (Å²) in [6, 6.07) is 9.61. The minimum absolute atomic E-state index is 0.389. The lowest BCUT2D eigenvalue weighted by molar-refractivity contribution is 0.296. The van der Waals surface area contributed by atoms with Crippen molar-refractivity contribution in [1.29, 1.82) is 0 Å². The second-order valence-corrected chi connectivity index (χ2v) is 4.37. The molecule has 0 aliphatic heterocycles. The first-order chi connectivity index (χ1) is 8.38. The van der Waals surface area contributed by atoms with E-state index in [9.17, 15) is 0 Å². The van der Waals surface area contributed by atoms with Gasteiger partial charge in [-0.25, -0.2) is 4.98 Å². The van der Waals surface area contributed by atoms with Crippen LogP contribution in [0.15, 0.2) is 35.5 Å². The Labute approximate surface area is 104 Å². The van der Waals surface area contributed by atoms with Gasteiger partial charge in [0, 0.05) is 12.3 Å². The molecule has 0 atom stereocenters. The molecule has 0 aliphatic carbocycles. The van der Waals surface area contributed by atoms with Crippen LogP contribution in [0.5, 0.6) is 5.75 Å². The Kier molecular flexibility index (Phi) is 4.40. The van der Waals surface area contributed by atoms with Gasteiger partial charge in [-0.1, -0.05) is 30.0 Å². The molecule has 0 fully saturated rings. The van der Waals surface area contributed by atoms with Crippen LogP contribution >= 0.6 is 11.8 Å². The predicted octanol–water partition coefficient (Wildman–Crippen LogP) is 1.43. The topological polar surface area (TPSA) is 76.8 Å². The molecule has 0 aliphatic rings. The van der Waals surface area contributed by atoms with E-state index in [2.05, 4.69) is 15.2 Å². The second kappa shape index (κ2) is 6.27. The average molecular weight is 250 g/mol. The fraction of sp³-hybridized carbons (Fsp3) is 0.273. The fourth-order valence-electron chi connectivity index (χ4n) is 1.23. The molecular weight excluding hydrogens is 236 g/mol. The number of thioether (sulfide) groups is 1. The van der Waals surface area contributed by atoms with Gasteiger partial charge in [-0.3, -0.25) is 5.10 Å². The number of para-hydroxylation sites is 1. The van der Waals surface area contributed by atoms with Crippen LogP contribution in [0.4, 0.5) is 0 Å². The summed E-state index contributed by atoms with van der Waals surface area (Å²) in [6.45, 7) is 1.01. The summed E-state index contributed by atoms with van der Waals surface area (Å²) < 4.78 is 5.54. The lowest BCUT2D eigenvalue weighted by Gasteiger charge is -2.02. The third-order valence-corrected chi connectivity index (χ3v) is 2.86. The minimum Gasteiger partial charge on any atom is -0.486 e. The van der Waals surface area contributed by atoms with Gasteiger partial charge in [-0.15, -0.1) is 5.10 Å². The van der Waals surface area contributed by atoms with Crippen molar-refractivity contribution >= 4 is 11.8 Å². The SMILES string of the molecule is NCCSc1n[nH]c(COc2ccccc2)n1. The maximum atomic E-state index is 5.54. The number of hydrogen-bond acceptors (Lipinski definition) is 5. The molecule has 0 spiro atoms. The third-order valence-electron chi connectivity index (χ3n) is 1.98. The van der Waals surface area contributed by atoms with Crippen molar-refractivity contribution in [2.45, 2.75) is 11.8 Å². The molecule has 2 aromatic rings. The highest BCUT2D eigenvalue weighted by Crippen LogP contribution is 2.13. The number of hydrogen-bond donors (Lipinski definition) is 2. The first-order valence-corrected chi connectivity index (χ1v) is 6.29. The number of rotatable bonds is 6. The van der Waals surface area contributed by atoms with Crippen molar-refractivity contribution in [2.24, 2.45) is 5.73 Å². The highest BCUT2D eigenvalue weighted by molar-refractivity contribution is 7.99. The van der Waals surface area contributed by atoms with Crippen LogP contribution in [0.25, 0.3) is 0 Å². The highest BCUT2D eigenvalue weighted by Gasteiger charge is 2.03. The Morgan fingerprint density at radius 1 is 1.29 bits per heavy atom. The van der Waals surface area contributed by atoms with Crippen molar-refractivity contribution in [3.05, 3.63) is 36.2 Å². The van der Waals surface area contributed by atoms with E-state index < -0.39 is 0 Å². The van der Waals surface area contributed by atoms with Crippen LogP contribution in [-0.2, 0) is 6.61 Å². The van der Waals surface area contributed by atoms with E-state index >= 15 is 0 Å². The van der Waals surface area contributed by atoms with Crippen molar-refractivity contribution in [2.75, 3.05) is 12.3 Å². The third kappa shape index (κ3) is 3.76. The minimum atomic E-state index is 0.389. The number of H-pyrrole nitrogens is 1. The molecule has 0 amide bonds. The van der Waals surface area contributed by atoms with Gasteiger partial charge >= 0.3 is 0 Å². The van der Waals surface area contributed by atoms with E-state index in [4.69, 9.17) is 10.5 Å². The first-order valence-electron chi connectivity index (χ1n) is 5.30. The van der Waals surface area contributed by atoms with E-state index in [1.807, 2.05) is 30.3 Å². The number of nitrogens with two attached hydrogens (primary N) is 1. The molecular formula is C11H14N4OS. The Hall–Kier alpha value is -1.53. The second-order valence-electron chi connectivity index (χ2n) is 3.30. The molecule has 0 saturated heterocycles. The van der Waals surface area contributed by atoms with Crippen LogP contribution in [0.3, 0.4) is 0 Å². The number of aromatic amines is 1. The van der Waals surface area contributed by atoms with Gasteiger partial charge in [0.05, 0.1) is 0 Å². The summed E-state index contributed by atoms with van der Waals surface area (Å²) in [5.41, 5.74) is 5.41. The zero-order valence-electron chi connectivity index (χ0n) is 9.30. The largest absolute Gasteiger partial charge is 0.486 e. The zero-order chi connectivity index (χ0) is 11.9. The molecule has 5 nitrogen and oxygen atoms in total. The van der Waals surface area contributed by atoms with Gasteiger partial charge in [-0.2, -0.15) is 0 Å². The van der Waals surface area contributed by atoms with Gasteiger partial charge in [0.25, 0.3) is 0 Å². The lowest BCUT2D eigenvalue weighted by Crippen LogP contribution is -2.01. The summed E-state index contributed by atoms with van der Waals surface area (Å²) in [6.07, 6.45) is 0. The standard InChI is InChI=1S/C11H14N4OS/c12-6-7-17-11-13-10(14-15-11)8-16-9-4-2-1-3-5-9/h1-5H,6-8,12H2,(H,13,14,15). The summed E-state index contributed by atoms with van der Waals surface area (Å²) in [5, 5.41) is 7.60. The van der Waals surface area contributed by atoms with E-state index in [1.165, 1.54) is 11.8 Å². The summed E-state index contributed by atoms with van der Waals surface area (Å²) >= 11 is 1.53. The smallest absolute Gasteiger partial charge is 0.208 e. The van der Waals surface area contributed by atoms with Crippen molar-refractivity contribution in [3.8, 4) is 5.75 Å². The van der Waals surface area contributed by atoms with E-state index in [1.54, 1.807) is 0 Å². The summed E-state index contributed by atoms with van der Waals surface area (Å²) in [7, 11) is 0. The number of aromatic nitrogens is 3. The summed E-state index contributed by atoms with van der Waals surface area (Å²) in [5.74, 6) is 2.35. The van der Waals surface area contributed by atoms with Crippen LogP contribution in [0, 0.1) is 0 Å². The van der Waals surface area contributed by atoms with Gasteiger partial charge in [0.1, 0.15) is 12.4 Å². The van der Waals surface area contributed by atoms with Crippen LogP contribution < -0.4 is 10.5 Å². The van der Waals surface area contributed by atoms with Crippen molar-refractivity contribution in [3.63, 3.8) is 0 Å². The zero-order valence-corrected chi connectivity index (χ0v) is 10.1. The average Bonchev–Trinajstić information content (AvgIpc) is 2.83. The molecule has 0 radical (unpaired) electrons. The van der Waals surface area contributed by atoms with Crippen LogP contribution in [0.2, 0.25) is 0 Å². The van der Waals surface area contributed by atoms with Gasteiger partial charge in [-0.05, 0) is 12.1 Å². The molecule has 0 unspecified atom stereocenters. The molecule has 1 heterocycles. The van der Waals surface area contributed by atoms with Crippen molar-refractivity contribution in [1.82, 2.24) is 15.2 Å². The fourth-order valence-corrected chi connectivity index (χ4v) is 1.81. The molecule has 17 heavy (non-hydrogen) atoms. The Morgan fingerprint density at radius 2 is 2.12 bits per heavy atom. The van der Waals surface area contributed by atoms with Gasteiger partial charge in [0.2, 0.25) is 5.16 Å².